The first kappa shape index (κ1) is 13.2. The zero-order chi connectivity index (χ0) is 13.0. The third-order valence-corrected chi connectivity index (χ3v) is 3.22. The zero-order valence-electron chi connectivity index (χ0n) is 11.2. The predicted molar refractivity (Wildman–Crippen MR) is 72.7 cm³/mol. The van der Waals surface area contributed by atoms with E-state index in [4.69, 9.17) is 15.2 Å². The first-order chi connectivity index (χ1) is 8.67. The van der Waals surface area contributed by atoms with Gasteiger partial charge in [0.05, 0.1) is 13.2 Å². The van der Waals surface area contributed by atoms with Gasteiger partial charge in [-0.2, -0.15) is 0 Å². The van der Waals surface area contributed by atoms with Crippen LogP contribution >= 0.6 is 0 Å². The number of nitrogens with zero attached hydrogens (tertiary/aromatic N) is 1. The first-order valence-electron chi connectivity index (χ1n) is 6.41. The summed E-state index contributed by atoms with van der Waals surface area (Å²) in [5, 5.41) is 0. The molecule has 2 rings (SSSR count). The van der Waals surface area contributed by atoms with Gasteiger partial charge in [-0.15, -0.1) is 0 Å². The predicted octanol–water partition coefficient (Wildman–Crippen LogP) is 1.89. The summed E-state index contributed by atoms with van der Waals surface area (Å²) in [6, 6.07) is 5.86. The zero-order valence-corrected chi connectivity index (χ0v) is 11.2. The van der Waals surface area contributed by atoms with Crippen molar-refractivity contribution in [3.05, 3.63) is 23.8 Å². The summed E-state index contributed by atoms with van der Waals surface area (Å²) in [6.45, 7) is 2.74. The molecule has 1 atom stereocenters. The Kier molecular flexibility index (Phi) is 4.44. The SMILES string of the molecule is COc1cc(N)cc(CN(C)CC2CCCO2)c1. The molecular weight excluding hydrogens is 228 g/mol. The van der Waals surface area contributed by atoms with E-state index in [9.17, 15) is 0 Å². The van der Waals surface area contributed by atoms with Crippen LogP contribution in [0.1, 0.15) is 18.4 Å². The van der Waals surface area contributed by atoms with Crippen LogP contribution in [0.15, 0.2) is 18.2 Å². The maximum Gasteiger partial charge on any atom is 0.121 e. The van der Waals surface area contributed by atoms with E-state index in [-0.39, 0.29) is 0 Å². The van der Waals surface area contributed by atoms with Crippen molar-refractivity contribution in [3.63, 3.8) is 0 Å². The van der Waals surface area contributed by atoms with E-state index < -0.39 is 0 Å². The van der Waals surface area contributed by atoms with Gasteiger partial charge in [0.15, 0.2) is 0 Å². The van der Waals surface area contributed by atoms with Gasteiger partial charge in [-0.05, 0) is 37.6 Å². The molecule has 18 heavy (non-hydrogen) atoms. The third kappa shape index (κ3) is 3.62. The molecule has 2 N–H and O–H groups in total. The summed E-state index contributed by atoms with van der Waals surface area (Å²) in [6.07, 6.45) is 2.74. The van der Waals surface area contributed by atoms with Crippen LogP contribution < -0.4 is 10.5 Å². The second-order valence-corrected chi connectivity index (χ2v) is 4.95. The average Bonchev–Trinajstić information content (AvgIpc) is 2.80. The Morgan fingerprint density at radius 2 is 2.28 bits per heavy atom. The lowest BCUT2D eigenvalue weighted by Crippen LogP contribution is -2.28. The van der Waals surface area contributed by atoms with Gasteiger partial charge in [-0.25, -0.2) is 0 Å². The maximum absolute atomic E-state index is 5.85. The molecule has 1 heterocycles. The number of rotatable bonds is 5. The summed E-state index contributed by atoms with van der Waals surface area (Å²) in [4.78, 5) is 2.27. The summed E-state index contributed by atoms with van der Waals surface area (Å²) in [7, 11) is 3.77. The lowest BCUT2D eigenvalue weighted by atomic mass is 10.1. The number of anilines is 1. The second kappa shape index (κ2) is 6.07. The van der Waals surface area contributed by atoms with Gasteiger partial charge >= 0.3 is 0 Å². The van der Waals surface area contributed by atoms with Gasteiger partial charge in [-0.1, -0.05) is 0 Å². The van der Waals surface area contributed by atoms with Crippen molar-refractivity contribution >= 4 is 5.69 Å². The molecule has 0 bridgehead atoms. The monoisotopic (exact) mass is 250 g/mol. The van der Waals surface area contributed by atoms with Crippen molar-refractivity contribution in [1.29, 1.82) is 0 Å². The van der Waals surface area contributed by atoms with Crippen LogP contribution in [-0.4, -0.2) is 38.3 Å². The highest BCUT2D eigenvalue weighted by Gasteiger charge is 2.17. The molecule has 4 heteroatoms. The molecule has 0 aliphatic carbocycles. The smallest absolute Gasteiger partial charge is 0.121 e. The molecule has 4 nitrogen and oxygen atoms in total. The molecule has 1 aliphatic rings. The molecular formula is C14H22N2O2. The van der Waals surface area contributed by atoms with Crippen molar-refractivity contribution < 1.29 is 9.47 Å². The van der Waals surface area contributed by atoms with Crippen LogP contribution in [0, 0.1) is 0 Å². The topological polar surface area (TPSA) is 47.7 Å². The number of likely N-dealkylation sites (N-methyl/N-ethyl adjacent to an activating group) is 1. The highest BCUT2D eigenvalue weighted by Crippen LogP contribution is 2.20. The Balaban J connectivity index is 1.93. The van der Waals surface area contributed by atoms with Crippen LogP contribution in [0.3, 0.4) is 0 Å². The molecule has 1 fully saturated rings. The molecule has 0 saturated carbocycles. The fraction of sp³-hybridized carbons (Fsp3) is 0.571. The van der Waals surface area contributed by atoms with Crippen molar-refractivity contribution in [2.75, 3.05) is 33.0 Å². The van der Waals surface area contributed by atoms with E-state index in [1.165, 1.54) is 18.4 Å². The van der Waals surface area contributed by atoms with Crippen molar-refractivity contribution in [2.24, 2.45) is 0 Å². The molecule has 0 aromatic heterocycles. The van der Waals surface area contributed by atoms with Crippen LogP contribution in [0.2, 0.25) is 0 Å². The summed E-state index contributed by atoms with van der Waals surface area (Å²) in [5.41, 5.74) is 7.77. The van der Waals surface area contributed by atoms with E-state index in [2.05, 4.69) is 11.9 Å². The highest BCUT2D eigenvalue weighted by molar-refractivity contribution is 5.47. The van der Waals surface area contributed by atoms with Gasteiger partial charge in [-0.3, -0.25) is 4.90 Å². The van der Waals surface area contributed by atoms with Crippen molar-refractivity contribution in [1.82, 2.24) is 4.90 Å². The maximum atomic E-state index is 5.85. The molecule has 1 saturated heterocycles. The third-order valence-electron chi connectivity index (χ3n) is 3.22. The van der Waals surface area contributed by atoms with Gasteiger partial charge < -0.3 is 15.2 Å². The van der Waals surface area contributed by atoms with E-state index >= 15 is 0 Å². The van der Waals surface area contributed by atoms with E-state index in [1.54, 1.807) is 7.11 Å². The molecule has 1 aliphatic heterocycles. The van der Waals surface area contributed by atoms with Crippen molar-refractivity contribution in [3.8, 4) is 5.75 Å². The molecule has 0 spiro atoms. The molecule has 100 valence electrons. The highest BCUT2D eigenvalue weighted by atomic mass is 16.5. The summed E-state index contributed by atoms with van der Waals surface area (Å²) in [5.74, 6) is 0.815. The Morgan fingerprint density at radius 3 is 2.94 bits per heavy atom. The number of methoxy groups -OCH3 is 1. The number of benzene rings is 1. The molecule has 1 aromatic rings. The standard InChI is InChI=1S/C14H22N2O2/c1-16(10-13-4-3-5-18-13)9-11-6-12(15)8-14(7-11)17-2/h6-8,13H,3-5,9-10,15H2,1-2H3. The van der Waals surface area contributed by atoms with Gasteiger partial charge in [0.25, 0.3) is 0 Å². The van der Waals surface area contributed by atoms with E-state index in [1.807, 2.05) is 18.2 Å². The minimum Gasteiger partial charge on any atom is -0.497 e. The second-order valence-electron chi connectivity index (χ2n) is 4.95. The molecule has 1 unspecified atom stereocenters. The molecule has 0 radical (unpaired) electrons. The molecule has 0 amide bonds. The van der Waals surface area contributed by atoms with Crippen LogP contribution in [0.4, 0.5) is 5.69 Å². The van der Waals surface area contributed by atoms with Gasteiger partial charge in [0, 0.05) is 31.5 Å². The van der Waals surface area contributed by atoms with Crippen LogP contribution in [0.25, 0.3) is 0 Å². The number of hydrogen-bond acceptors (Lipinski definition) is 4. The van der Waals surface area contributed by atoms with Gasteiger partial charge in [0.2, 0.25) is 0 Å². The number of ether oxygens (including phenoxy) is 2. The Morgan fingerprint density at radius 1 is 1.44 bits per heavy atom. The Labute approximate surface area is 109 Å². The van der Waals surface area contributed by atoms with Crippen molar-refractivity contribution in [2.45, 2.75) is 25.5 Å². The quantitative estimate of drug-likeness (QED) is 0.811. The minimum absolute atomic E-state index is 0.387. The number of nitrogens with two attached hydrogens (primary N) is 1. The van der Waals surface area contributed by atoms with E-state index in [0.717, 1.165) is 31.1 Å². The van der Waals surface area contributed by atoms with Crippen LogP contribution in [-0.2, 0) is 11.3 Å². The Bertz CT molecular complexity index is 389. The minimum atomic E-state index is 0.387. The fourth-order valence-corrected chi connectivity index (χ4v) is 2.41. The normalized spacial score (nSPS) is 19.4. The van der Waals surface area contributed by atoms with E-state index in [0.29, 0.717) is 6.10 Å². The largest absolute Gasteiger partial charge is 0.497 e. The summed E-state index contributed by atoms with van der Waals surface area (Å²) < 4.78 is 10.9. The van der Waals surface area contributed by atoms with Crippen LogP contribution in [0.5, 0.6) is 5.75 Å². The average molecular weight is 250 g/mol. The first-order valence-corrected chi connectivity index (χ1v) is 6.41. The molecule has 1 aromatic carbocycles. The summed E-state index contributed by atoms with van der Waals surface area (Å²) >= 11 is 0. The number of nitrogen functional groups attached to an aromatic ring is 1. The Hall–Kier alpha value is -1.26. The lowest BCUT2D eigenvalue weighted by molar-refractivity contribution is 0.0793. The number of hydrogen-bond donors (Lipinski definition) is 1. The lowest BCUT2D eigenvalue weighted by Gasteiger charge is -2.20. The van der Waals surface area contributed by atoms with Gasteiger partial charge in [0.1, 0.15) is 5.75 Å². The fourth-order valence-electron chi connectivity index (χ4n) is 2.41.